The zero-order valence-electron chi connectivity index (χ0n) is 41.5. The van der Waals surface area contributed by atoms with Gasteiger partial charge >= 0.3 is 11.9 Å². The van der Waals surface area contributed by atoms with Crippen LogP contribution in [-0.2, 0) is 33.2 Å². The predicted molar refractivity (Wildman–Crippen MR) is 253 cm³/mol. The molecule has 374 valence electrons. The highest BCUT2D eigenvalue weighted by molar-refractivity contribution is 5.89. The van der Waals surface area contributed by atoms with E-state index in [1.54, 1.807) is 45.6 Å². The fraction of sp³-hybridized carbons (Fsp3) is 0.852. The molecule has 1 aliphatic heterocycles. The second-order valence-electron chi connectivity index (χ2n) is 21.6. The van der Waals surface area contributed by atoms with E-state index in [0.29, 0.717) is 24.9 Å². The highest BCUT2D eigenvalue weighted by Gasteiger charge is 2.92. The number of carbonyl (C=O) groups excluding carboxylic acids is 2. The van der Waals surface area contributed by atoms with Gasteiger partial charge in [-0.2, -0.15) is 0 Å². The third-order valence-corrected chi connectivity index (χ3v) is 18.1. The summed E-state index contributed by atoms with van der Waals surface area (Å²) in [7, 11) is 8.42. The van der Waals surface area contributed by atoms with Gasteiger partial charge in [-0.1, -0.05) is 147 Å². The van der Waals surface area contributed by atoms with Crippen molar-refractivity contribution in [2.24, 2.45) is 34.5 Å². The second kappa shape index (κ2) is 22.7. The van der Waals surface area contributed by atoms with Crippen LogP contribution in [0.5, 0.6) is 0 Å². The monoisotopic (exact) mass is 926 g/mol. The van der Waals surface area contributed by atoms with Crippen LogP contribution in [0.15, 0.2) is 30.3 Å². The number of esters is 2. The van der Waals surface area contributed by atoms with Gasteiger partial charge in [0.1, 0.15) is 23.9 Å². The number of hydrogen-bond acceptors (Lipinski definition) is 12. The Morgan fingerprint density at radius 1 is 0.727 bits per heavy atom. The number of rotatable bonds is 29. The molecule has 7 bridgehead atoms. The lowest BCUT2D eigenvalue weighted by Gasteiger charge is -2.70. The van der Waals surface area contributed by atoms with Gasteiger partial charge in [-0.05, 0) is 37.9 Å². The number of likely N-dealkylation sites (tertiary alicyclic amines) is 1. The van der Waals surface area contributed by atoms with Crippen LogP contribution in [0.3, 0.4) is 0 Å². The van der Waals surface area contributed by atoms with Gasteiger partial charge in [0.25, 0.3) is 0 Å². The molecule has 12 nitrogen and oxygen atoms in total. The van der Waals surface area contributed by atoms with Crippen molar-refractivity contribution in [1.29, 1.82) is 0 Å². The zero-order chi connectivity index (χ0) is 47.1. The molecule has 1 saturated heterocycles. The number of benzene rings is 1. The summed E-state index contributed by atoms with van der Waals surface area (Å²) in [5.41, 5.74) is -4.83. The number of carbonyl (C=O) groups is 2. The van der Waals surface area contributed by atoms with Gasteiger partial charge in [0.15, 0.2) is 5.60 Å². The summed E-state index contributed by atoms with van der Waals surface area (Å²) in [6, 6.07) is 8.31. The molecule has 5 saturated carbocycles. The van der Waals surface area contributed by atoms with Gasteiger partial charge in [0, 0.05) is 82.5 Å². The smallest absolute Gasteiger partial charge is 0.338 e. The SMILES string of the molecule is CCCCCCCCCCCCCCCCCCCCCCC(=O)O[C@]12[C@H]3[C@@H](OC(=O)c4ccccc4)[C@](O)(C[C@H]3[C@@]34C5[C@@H]1[C@H](OC)[C@@H]3[C@](COC)(CN5C)[C@H](O)C[C@@H]4OC)[C@@H](OC)[C@@H]2O. The van der Waals surface area contributed by atoms with Crippen molar-refractivity contribution in [3.8, 4) is 0 Å². The van der Waals surface area contributed by atoms with Crippen molar-refractivity contribution in [3.05, 3.63) is 35.9 Å². The fourth-order valence-corrected chi connectivity index (χ4v) is 15.7. The van der Waals surface area contributed by atoms with E-state index in [0.717, 1.165) is 19.3 Å². The summed E-state index contributed by atoms with van der Waals surface area (Å²) in [6.07, 6.45) is 20.0. The molecule has 6 aliphatic rings. The summed E-state index contributed by atoms with van der Waals surface area (Å²) >= 11 is 0. The quantitative estimate of drug-likeness (QED) is 0.0522. The van der Waals surface area contributed by atoms with Gasteiger partial charge in [-0.15, -0.1) is 0 Å². The maximum atomic E-state index is 14.6. The van der Waals surface area contributed by atoms with E-state index in [4.69, 9.17) is 28.4 Å². The van der Waals surface area contributed by atoms with Gasteiger partial charge < -0.3 is 48.6 Å². The van der Waals surface area contributed by atoms with Crippen molar-refractivity contribution < 1.29 is 53.3 Å². The Labute approximate surface area is 396 Å². The first-order chi connectivity index (χ1) is 32.0. The molecule has 0 amide bonds. The first-order valence-corrected chi connectivity index (χ1v) is 26.3. The van der Waals surface area contributed by atoms with Crippen molar-refractivity contribution in [3.63, 3.8) is 0 Å². The topological polar surface area (TPSA) is 153 Å². The number of aliphatic hydroxyl groups excluding tert-OH is 2. The van der Waals surface area contributed by atoms with Gasteiger partial charge in [-0.3, -0.25) is 4.79 Å². The molecule has 3 N–H and O–H groups in total. The standard InChI is InChI=1S/C54H87NO11/c1-7-8-9-10-11-12-13-14-15-16-17-18-19-20-21-22-23-24-25-29-32-41(57)66-54-42-38(34-52(60,49(64-6)47(54)58)48(42)65-50(59)37-30-27-26-28-31-37)53-40(62-4)33-39(56)51(36-61-3)35-55(2)46(53)43(54)44(63-5)45(51)53/h26-28,30-31,38-40,42-49,56,58,60H,7-25,29,32-36H2,1-6H3/t38-,39-,40+,42-,43+,44+,45-,46?,47+,48-,49+,51+,52-,53+,54-/m1/s1. The number of piperidine rings is 1. The number of fused-ring (bicyclic) bond motifs is 2. The predicted octanol–water partition coefficient (Wildman–Crippen LogP) is 8.45. The normalized spacial score (nSPS) is 38.4. The Morgan fingerprint density at radius 2 is 1.29 bits per heavy atom. The largest absolute Gasteiger partial charge is 0.455 e. The fourth-order valence-electron chi connectivity index (χ4n) is 15.7. The summed E-state index contributed by atoms with van der Waals surface area (Å²) in [5, 5.41) is 38.3. The first kappa shape index (κ1) is 51.7. The number of methoxy groups -OCH3 is 4. The third kappa shape index (κ3) is 9.07. The number of nitrogens with zero attached hydrogens (tertiary/aromatic N) is 1. The summed E-state index contributed by atoms with van der Waals surface area (Å²) in [4.78, 5) is 30.9. The van der Waals surface area contributed by atoms with Crippen molar-refractivity contribution in [2.75, 3.05) is 48.6 Å². The minimum Gasteiger partial charge on any atom is -0.455 e. The number of hydrogen-bond donors (Lipinski definition) is 3. The molecule has 1 aromatic rings. The third-order valence-electron chi connectivity index (χ3n) is 18.1. The molecule has 66 heavy (non-hydrogen) atoms. The molecular weight excluding hydrogens is 839 g/mol. The number of ether oxygens (including phenoxy) is 6. The molecule has 0 aromatic heterocycles. The second-order valence-corrected chi connectivity index (χ2v) is 21.6. The van der Waals surface area contributed by atoms with E-state index in [-0.39, 0.29) is 31.4 Å². The highest BCUT2D eigenvalue weighted by atomic mass is 16.6. The number of unbranched alkanes of at least 4 members (excludes halogenated alkanes) is 19. The molecule has 1 heterocycles. The lowest BCUT2D eigenvalue weighted by atomic mass is 9.42. The molecule has 7 rings (SSSR count). The minimum atomic E-state index is -1.84. The van der Waals surface area contributed by atoms with E-state index in [1.807, 2.05) is 13.1 Å². The molecule has 15 atom stereocenters. The van der Waals surface area contributed by atoms with Crippen LogP contribution in [0.1, 0.15) is 165 Å². The van der Waals surface area contributed by atoms with Crippen LogP contribution in [0.25, 0.3) is 0 Å². The van der Waals surface area contributed by atoms with Crippen molar-refractivity contribution >= 4 is 11.9 Å². The van der Waals surface area contributed by atoms with Gasteiger partial charge in [-0.25, -0.2) is 4.79 Å². The van der Waals surface area contributed by atoms with Crippen LogP contribution in [0.2, 0.25) is 0 Å². The molecule has 5 aliphatic carbocycles. The Bertz CT molecular complexity index is 1700. The average Bonchev–Trinajstić information content (AvgIpc) is 3.70. The molecule has 1 unspecified atom stereocenters. The van der Waals surface area contributed by atoms with E-state index in [2.05, 4.69) is 11.8 Å². The molecular formula is C54H87NO11. The summed E-state index contributed by atoms with van der Waals surface area (Å²) < 4.78 is 38.6. The summed E-state index contributed by atoms with van der Waals surface area (Å²) in [6.45, 7) is 3.00. The van der Waals surface area contributed by atoms with Crippen LogP contribution in [0, 0.1) is 34.5 Å². The van der Waals surface area contributed by atoms with E-state index < -0.39 is 88.3 Å². The molecule has 1 spiro atoms. The van der Waals surface area contributed by atoms with Crippen molar-refractivity contribution in [2.45, 2.75) is 208 Å². The highest BCUT2D eigenvalue weighted by Crippen LogP contribution is 2.80. The van der Waals surface area contributed by atoms with Gasteiger partial charge in [0.05, 0.1) is 30.5 Å². The first-order valence-electron chi connectivity index (χ1n) is 26.3. The lowest BCUT2D eigenvalue weighted by Crippen LogP contribution is -2.81. The molecule has 6 fully saturated rings. The van der Waals surface area contributed by atoms with E-state index in [9.17, 15) is 24.9 Å². The molecule has 12 heteroatoms. The van der Waals surface area contributed by atoms with Crippen LogP contribution >= 0.6 is 0 Å². The van der Waals surface area contributed by atoms with E-state index >= 15 is 0 Å². The maximum Gasteiger partial charge on any atom is 0.338 e. The van der Waals surface area contributed by atoms with Crippen LogP contribution in [-0.4, -0.2) is 135 Å². The number of aliphatic hydroxyl groups is 3. The zero-order valence-corrected chi connectivity index (χ0v) is 41.5. The lowest BCUT2D eigenvalue weighted by molar-refractivity contribution is -0.321. The Balaban J connectivity index is 1.03. The van der Waals surface area contributed by atoms with Crippen LogP contribution < -0.4 is 0 Å². The maximum absolute atomic E-state index is 14.6. The van der Waals surface area contributed by atoms with E-state index in [1.165, 1.54) is 110 Å². The summed E-state index contributed by atoms with van der Waals surface area (Å²) in [5.74, 6) is -3.48. The Morgan fingerprint density at radius 3 is 1.80 bits per heavy atom. The van der Waals surface area contributed by atoms with Crippen molar-refractivity contribution in [1.82, 2.24) is 4.90 Å². The molecule has 1 aromatic carbocycles. The molecule has 0 radical (unpaired) electrons. The van der Waals surface area contributed by atoms with Gasteiger partial charge in [0.2, 0.25) is 0 Å². The van der Waals surface area contributed by atoms with Crippen LogP contribution in [0.4, 0.5) is 0 Å². The average molecular weight is 926 g/mol. The minimum absolute atomic E-state index is 0.0850. The Hall–Kier alpha value is -2.16. The Kier molecular flexibility index (Phi) is 17.8.